The number of aromatic nitrogens is 2. The Morgan fingerprint density at radius 3 is 2.76 bits per heavy atom. The minimum atomic E-state index is -0.445. The van der Waals surface area contributed by atoms with E-state index in [0.717, 1.165) is 11.8 Å². The number of halogens is 1. The Kier molecular flexibility index (Phi) is 5.66. The summed E-state index contributed by atoms with van der Waals surface area (Å²) in [6.45, 7) is 0.759. The minimum Gasteiger partial charge on any atom is -0.486 e. The van der Waals surface area contributed by atoms with Gasteiger partial charge in [0.05, 0.1) is 17.9 Å². The molecule has 1 aliphatic rings. The van der Waals surface area contributed by atoms with Crippen LogP contribution in [-0.4, -0.2) is 53.1 Å². The number of hydrogen-bond donors (Lipinski definition) is 0. The smallest absolute Gasteiger partial charge is 0.277 e. The molecule has 1 amide bonds. The van der Waals surface area contributed by atoms with Gasteiger partial charge in [0, 0.05) is 7.05 Å². The van der Waals surface area contributed by atoms with Gasteiger partial charge in [-0.1, -0.05) is 36.0 Å². The zero-order valence-electron chi connectivity index (χ0n) is 15.6. The van der Waals surface area contributed by atoms with Gasteiger partial charge in [-0.05, 0) is 24.3 Å². The summed E-state index contributed by atoms with van der Waals surface area (Å²) in [7, 11) is 1.70. The summed E-state index contributed by atoms with van der Waals surface area (Å²) in [5.74, 6) is 1.00. The van der Waals surface area contributed by atoms with Crippen molar-refractivity contribution < 1.29 is 23.1 Å². The van der Waals surface area contributed by atoms with Crippen LogP contribution in [0.2, 0.25) is 0 Å². The van der Waals surface area contributed by atoms with Gasteiger partial charge in [-0.3, -0.25) is 4.79 Å². The first kappa shape index (κ1) is 19.3. The normalized spacial score (nSPS) is 15.2. The highest BCUT2D eigenvalue weighted by molar-refractivity contribution is 7.99. The molecule has 1 atom stereocenters. The van der Waals surface area contributed by atoms with E-state index in [9.17, 15) is 9.18 Å². The lowest BCUT2D eigenvalue weighted by atomic mass is 10.2. The number of amides is 1. The minimum absolute atomic E-state index is 0.0813. The fraction of sp³-hybridized carbons (Fsp3) is 0.250. The molecule has 2 aromatic carbocycles. The second kappa shape index (κ2) is 8.52. The number of hydrogen-bond acceptors (Lipinski definition) is 7. The van der Waals surface area contributed by atoms with Crippen LogP contribution < -0.4 is 9.47 Å². The lowest BCUT2D eigenvalue weighted by molar-refractivity contribution is -0.128. The molecule has 0 radical (unpaired) electrons. The van der Waals surface area contributed by atoms with Crippen molar-refractivity contribution >= 4 is 17.7 Å². The molecule has 9 heteroatoms. The molecule has 7 nitrogen and oxygen atoms in total. The van der Waals surface area contributed by atoms with E-state index in [0.29, 0.717) is 24.7 Å². The molecule has 0 spiro atoms. The number of rotatable bonds is 6. The predicted molar refractivity (Wildman–Crippen MR) is 104 cm³/mol. The fourth-order valence-corrected chi connectivity index (χ4v) is 3.51. The summed E-state index contributed by atoms with van der Waals surface area (Å²) in [6.07, 6.45) is -0.250. The van der Waals surface area contributed by atoms with Crippen LogP contribution in [0, 0.1) is 5.82 Å². The van der Waals surface area contributed by atoms with Crippen molar-refractivity contribution in [1.82, 2.24) is 15.1 Å². The van der Waals surface area contributed by atoms with Crippen LogP contribution in [0.25, 0.3) is 11.5 Å². The lowest BCUT2D eigenvalue weighted by Gasteiger charge is -2.29. The van der Waals surface area contributed by atoms with Crippen molar-refractivity contribution in [3.63, 3.8) is 0 Å². The molecule has 0 N–H and O–H groups in total. The molecule has 1 aromatic heterocycles. The van der Waals surface area contributed by atoms with Crippen molar-refractivity contribution in [2.45, 2.75) is 11.3 Å². The first-order valence-corrected chi connectivity index (χ1v) is 9.92. The van der Waals surface area contributed by atoms with Gasteiger partial charge in [-0.25, -0.2) is 4.39 Å². The molecular formula is C20H18FN3O4S. The molecule has 4 rings (SSSR count). The largest absolute Gasteiger partial charge is 0.486 e. The maximum Gasteiger partial charge on any atom is 0.277 e. The SMILES string of the molecule is CN(C[C@@H]1COc2ccccc2O1)C(=O)CSc1nnc(-c2ccccc2F)o1. The first-order valence-electron chi connectivity index (χ1n) is 8.94. The highest BCUT2D eigenvalue weighted by atomic mass is 32.2. The van der Waals surface area contributed by atoms with E-state index in [2.05, 4.69) is 10.2 Å². The fourth-order valence-electron chi connectivity index (χ4n) is 2.81. The van der Waals surface area contributed by atoms with E-state index in [4.69, 9.17) is 13.9 Å². The zero-order valence-corrected chi connectivity index (χ0v) is 16.4. The Morgan fingerprint density at radius 1 is 1.17 bits per heavy atom. The average molecular weight is 415 g/mol. The molecule has 150 valence electrons. The maximum absolute atomic E-state index is 13.8. The van der Waals surface area contributed by atoms with Gasteiger partial charge in [-0.15, -0.1) is 10.2 Å². The molecule has 0 fully saturated rings. The lowest BCUT2D eigenvalue weighted by Crippen LogP contribution is -2.42. The second-order valence-electron chi connectivity index (χ2n) is 6.41. The summed E-state index contributed by atoms with van der Waals surface area (Å²) in [5.41, 5.74) is 0.227. The van der Waals surface area contributed by atoms with Crippen molar-refractivity contribution in [2.24, 2.45) is 0 Å². The van der Waals surface area contributed by atoms with Gasteiger partial charge < -0.3 is 18.8 Å². The number of para-hydroxylation sites is 2. The molecule has 0 unspecified atom stereocenters. The quantitative estimate of drug-likeness (QED) is 0.572. The number of carbonyl (C=O) groups excluding carboxylic acids is 1. The Balaban J connectivity index is 1.29. The van der Waals surface area contributed by atoms with E-state index >= 15 is 0 Å². The van der Waals surface area contributed by atoms with E-state index < -0.39 is 5.82 Å². The molecular weight excluding hydrogens is 397 g/mol. The van der Waals surface area contributed by atoms with E-state index in [1.54, 1.807) is 30.1 Å². The van der Waals surface area contributed by atoms with Gasteiger partial charge in [0.25, 0.3) is 11.1 Å². The van der Waals surface area contributed by atoms with Crippen molar-refractivity contribution in [1.29, 1.82) is 0 Å². The highest BCUT2D eigenvalue weighted by Crippen LogP contribution is 2.31. The molecule has 0 bridgehead atoms. The Labute approximate surface area is 170 Å². The van der Waals surface area contributed by atoms with Crippen LogP contribution in [0.15, 0.2) is 58.2 Å². The Bertz CT molecular complexity index is 1010. The Morgan fingerprint density at radius 2 is 1.93 bits per heavy atom. The number of thioether (sulfide) groups is 1. The van der Waals surface area contributed by atoms with Crippen molar-refractivity contribution in [3.8, 4) is 23.0 Å². The van der Waals surface area contributed by atoms with E-state index in [1.165, 1.54) is 6.07 Å². The maximum atomic E-state index is 13.8. The topological polar surface area (TPSA) is 77.7 Å². The number of carbonyl (C=O) groups is 1. The van der Waals surface area contributed by atoms with E-state index in [1.807, 2.05) is 24.3 Å². The summed E-state index contributed by atoms with van der Waals surface area (Å²) in [5, 5.41) is 7.92. The highest BCUT2D eigenvalue weighted by Gasteiger charge is 2.24. The van der Waals surface area contributed by atoms with Gasteiger partial charge in [-0.2, -0.15) is 0 Å². The van der Waals surface area contributed by atoms with Gasteiger partial charge >= 0.3 is 0 Å². The standard InChI is InChI=1S/C20H18FN3O4S/c1-24(10-13-11-26-16-8-4-5-9-17(16)27-13)18(25)12-29-20-23-22-19(28-20)14-6-2-3-7-15(14)21/h2-9,13H,10-12H2,1H3/t13-/m1/s1. The van der Waals surface area contributed by atoms with Gasteiger partial charge in [0.15, 0.2) is 17.6 Å². The number of likely N-dealkylation sites (N-methyl/N-ethyl adjacent to an activating group) is 1. The van der Waals surface area contributed by atoms with Crippen LogP contribution in [0.4, 0.5) is 4.39 Å². The monoisotopic (exact) mass is 415 g/mol. The molecule has 29 heavy (non-hydrogen) atoms. The molecule has 3 aromatic rings. The molecule has 1 aliphatic heterocycles. The van der Waals surface area contributed by atoms with Crippen molar-refractivity contribution in [3.05, 3.63) is 54.3 Å². The van der Waals surface area contributed by atoms with Crippen LogP contribution in [0.5, 0.6) is 11.5 Å². The molecule has 0 aliphatic carbocycles. The van der Waals surface area contributed by atoms with Gasteiger partial charge in [0.2, 0.25) is 5.91 Å². The van der Waals surface area contributed by atoms with Crippen LogP contribution in [0.3, 0.4) is 0 Å². The predicted octanol–water partition coefficient (Wildman–Crippen LogP) is 3.27. The molecule has 2 heterocycles. The summed E-state index contributed by atoms with van der Waals surface area (Å²) in [4.78, 5) is 14.0. The van der Waals surface area contributed by atoms with Crippen LogP contribution >= 0.6 is 11.8 Å². The summed E-state index contributed by atoms with van der Waals surface area (Å²) < 4.78 is 30.8. The summed E-state index contributed by atoms with van der Waals surface area (Å²) >= 11 is 1.10. The number of ether oxygens (including phenoxy) is 2. The van der Waals surface area contributed by atoms with Crippen LogP contribution in [0.1, 0.15) is 0 Å². The number of fused-ring (bicyclic) bond motifs is 1. The third-order valence-corrected chi connectivity index (χ3v) is 5.10. The zero-order chi connectivity index (χ0) is 20.2. The number of benzene rings is 2. The third kappa shape index (κ3) is 4.51. The van der Waals surface area contributed by atoms with Gasteiger partial charge in [0.1, 0.15) is 12.4 Å². The Hall–Kier alpha value is -3.07. The first-order chi connectivity index (χ1) is 14.1. The second-order valence-corrected chi connectivity index (χ2v) is 7.34. The van der Waals surface area contributed by atoms with Crippen LogP contribution in [-0.2, 0) is 4.79 Å². The van der Waals surface area contributed by atoms with E-state index in [-0.39, 0.29) is 34.4 Å². The molecule has 0 saturated carbocycles. The van der Waals surface area contributed by atoms with Crippen molar-refractivity contribution in [2.75, 3.05) is 26.0 Å². The average Bonchev–Trinajstić information content (AvgIpc) is 3.21. The number of nitrogens with zero attached hydrogens (tertiary/aromatic N) is 3. The third-order valence-electron chi connectivity index (χ3n) is 4.30. The summed E-state index contributed by atoms with van der Waals surface area (Å²) in [6, 6.07) is 13.6. The molecule has 0 saturated heterocycles.